The topological polar surface area (TPSA) is 47.9 Å². The Morgan fingerprint density at radius 1 is 1.10 bits per heavy atom. The van der Waals surface area contributed by atoms with Gasteiger partial charge in [0.1, 0.15) is 11.6 Å². The van der Waals surface area contributed by atoms with Crippen LogP contribution in [0.2, 0.25) is 0 Å². The molecule has 2 atom stereocenters. The minimum absolute atomic E-state index is 0.320. The molecule has 0 unspecified atom stereocenters. The van der Waals surface area contributed by atoms with Crippen LogP contribution in [-0.2, 0) is 19.4 Å². The summed E-state index contributed by atoms with van der Waals surface area (Å²) in [7, 11) is 0. The van der Waals surface area contributed by atoms with Crippen LogP contribution in [0, 0.1) is 11.6 Å². The SMILES string of the molecule is CCc1cccc(CNC[C@@H](O)[C@H](Cc2cc(F)cc(F)c2)N2C=CN=CC2)c1. The molecule has 1 aliphatic heterocycles. The summed E-state index contributed by atoms with van der Waals surface area (Å²) in [6.07, 6.45) is 5.77. The molecule has 2 N–H and O–H groups in total. The van der Waals surface area contributed by atoms with Crippen molar-refractivity contribution >= 4 is 6.21 Å². The first-order valence-corrected chi connectivity index (χ1v) is 9.90. The molecule has 0 bridgehead atoms. The fourth-order valence-electron chi connectivity index (χ4n) is 3.54. The van der Waals surface area contributed by atoms with Gasteiger partial charge in [0.05, 0.1) is 18.7 Å². The molecule has 29 heavy (non-hydrogen) atoms. The highest BCUT2D eigenvalue weighted by atomic mass is 19.1. The highest BCUT2D eigenvalue weighted by molar-refractivity contribution is 5.61. The van der Waals surface area contributed by atoms with E-state index in [2.05, 4.69) is 35.4 Å². The number of hydrogen-bond donors (Lipinski definition) is 2. The second kappa shape index (κ2) is 10.3. The highest BCUT2D eigenvalue weighted by Gasteiger charge is 2.25. The molecule has 2 aromatic carbocycles. The molecule has 6 heteroatoms. The highest BCUT2D eigenvalue weighted by Crippen LogP contribution is 2.17. The normalized spacial score (nSPS) is 15.5. The molecule has 0 amide bonds. The number of nitrogens with zero attached hydrogens (tertiary/aromatic N) is 2. The quantitative estimate of drug-likeness (QED) is 0.679. The number of aliphatic hydroxyl groups is 1. The Morgan fingerprint density at radius 2 is 1.86 bits per heavy atom. The summed E-state index contributed by atoms with van der Waals surface area (Å²) < 4.78 is 27.2. The third kappa shape index (κ3) is 6.21. The van der Waals surface area contributed by atoms with E-state index >= 15 is 0 Å². The smallest absolute Gasteiger partial charge is 0.126 e. The zero-order valence-electron chi connectivity index (χ0n) is 16.6. The maximum absolute atomic E-state index is 13.6. The van der Waals surface area contributed by atoms with Crippen molar-refractivity contribution in [3.05, 3.63) is 83.2 Å². The van der Waals surface area contributed by atoms with Crippen LogP contribution in [0.15, 0.2) is 59.9 Å². The summed E-state index contributed by atoms with van der Waals surface area (Å²) in [5.74, 6) is -1.23. The predicted molar refractivity (Wildman–Crippen MR) is 112 cm³/mol. The van der Waals surface area contributed by atoms with Crippen molar-refractivity contribution in [1.82, 2.24) is 10.2 Å². The zero-order chi connectivity index (χ0) is 20.6. The molecule has 0 fully saturated rings. The standard InChI is InChI=1S/C23H27F2N3O/c1-2-17-4-3-5-18(10-17)15-27-16-23(29)22(28-8-6-26-7-9-28)13-19-11-20(24)14-21(25)12-19/h3-8,10-12,14,22-23,27,29H,2,9,13,15-16H2,1H3/t22-,23+/m0/s1. The van der Waals surface area contributed by atoms with E-state index in [1.807, 2.05) is 11.0 Å². The van der Waals surface area contributed by atoms with Gasteiger partial charge >= 0.3 is 0 Å². The van der Waals surface area contributed by atoms with Gasteiger partial charge in [0.15, 0.2) is 0 Å². The molecule has 4 nitrogen and oxygen atoms in total. The summed E-state index contributed by atoms with van der Waals surface area (Å²) in [5, 5.41) is 14.2. The second-order valence-corrected chi connectivity index (χ2v) is 7.25. The molecular formula is C23H27F2N3O. The van der Waals surface area contributed by atoms with Crippen LogP contribution in [0.5, 0.6) is 0 Å². The van der Waals surface area contributed by atoms with E-state index < -0.39 is 17.7 Å². The van der Waals surface area contributed by atoms with Gasteiger partial charge < -0.3 is 15.3 Å². The van der Waals surface area contributed by atoms with E-state index in [0.717, 1.165) is 18.1 Å². The molecule has 0 saturated heterocycles. The minimum Gasteiger partial charge on any atom is -0.390 e. The molecule has 154 valence electrons. The third-order valence-electron chi connectivity index (χ3n) is 5.06. The Labute approximate surface area is 170 Å². The minimum atomic E-state index is -0.730. The van der Waals surface area contributed by atoms with Gasteiger partial charge in [-0.25, -0.2) is 8.78 Å². The Hall–Kier alpha value is -2.57. The molecule has 2 aromatic rings. The van der Waals surface area contributed by atoms with Crippen LogP contribution in [0.4, 0.5) is 8.78 Å². The monoisotopic (exact) mass is 399 g/mol. The number of hydrogen-bond acceptors (Lipinski definition) is 4. The molecule has 0 aromatic heterocycles. The van der Waals surface area contributed by atoms with Crippen LogP contribution >= 0.6 is 0 Å². The summed E-state index contributed by atoms with van der Waals surface area (Å²) in [6, 6.07) is 11.5. The van der Waals surface area contributed by atoms with E-state index in [1.54, 1.807) is 18.6 Å². The van der Waals surface area contributed by atoms with E-state index in [-0.39, 0.29) is 6.04 Å². The van der Waals surface area contributed by atoms with Crippen molar-refractivity contribution < 1.29 is 13.9 Å². The first-order chi connectivity index (χ1) is 14.0. The van der Waals surface area contributed by atoms with Gasteiger partial charge in [0, 0.05) is 37.8 Å². The Kier molecular flexibility index (Phi) is 7.49. The van der Waals surface area contributed by atoms with Crippen LogP contribution < -0.4 is 5.32 Å². The molecule has 0 radical (unpaired) electrons. The predicted octanol–water partition coefficient (Wildman–Crippen LogP) is 3.45. The number of aliphatic imine (C=N–C) groups is 1. The summed E-state index contributed by atoms with van der Waals surface area (Å²) in [6.45, 7) is 3.66. The van der Waals surface area contributed by atoms with Gasteiger partial charge in [-0.15, -0.1) is 0 Å². The van der Waals surface area contributed by atoms with Gasteiger partial charge in [-0.1, -0.05) is 31.2 Å². The fourth-order valence-corrected chi connectivity index (χ4v) is 3.54. The molecule has 0 spiro atoms. The molecule has 3 rings (SSSR count). The molecule has 1 aliphatic rings. The van der Waals surface area contributed by atoms with E-state index in [0.29, 0.717) is 31.6 Å². The van der Waals surface area contributed by atoms with Crippen LogP contribution in [0.3, 0.4) is 0 Å². The van der Waals surface area contributed by atoms with Crippen molar-refractivity contribution in [3.63, 3.8) is 0 Å². The van der Waals surface area contributed by atoms with Gasteiger partial charge in [-0.2, -0.15) is 0 Å². The number of aryl methyl sites for hydroxylation is 1. The Morgan fingerprint density at radius 3 is 2.55 bits per heavy atom. The van der Waals surface area contributed by atoms with Crippen LogP contribution in [0.25, 0.3) is 0 Å². The maximum atomic E-state index is 13.6. The van der Waals surface area contributed by atoms with Crippen molar-refractivity contribution in [3.8, 4) is 0 Å². The lowest BCUT2D eigenvalue weighted by Crippen LogP contribution is -2.47. The van der Waals surface area contributed by atoms with Gasteiger partial charge in [-0.05, 0) is 41.7 Å². The van der Waals surface area contributed by atoms with Crippen molar-refractivity contribution in [2.75, 3.05) is 13.1 Å². The first kappa shape index (κ1) is 21.1. The second-order valence-electron chi connectivity index (χ2n) is 7.25. The molecule has 0 aliphatic carbocycles. The third-order valence-corrected chi connectivity index (χ3v) is 5.06. The molecular weight excluding hydrogens is 372 g/mol. The zero-order valence-corrected chi connectivity index (χ0v) is 16.6. The van der Waals surface area contributed by atoms with Crippen LogP contribution in [-0.4, -0.2) is 41.5 Å². The molecule has 0 saturated carbocycles. The fraction of sp³-hybridized carbons (Fsp3) is 0.348. The average Bonchev–Trinajstić information content (AvgIpc) is 2.72. The summed E-state index contributed by atoms with van der Waals surface area (Å²) >= 11 is 0. The number of halogens is 2. The van der Waals surface area contributed by atoms with E-state index in [9.17, 15) is 13.9 Å². The number of aliphatic hydroxyl groups excluding tert-OH is 1. The Bertz CT molecular complexity index is 849. The number of benzene rings is 2. The first-order valence-electron chi connectivity index (χ1n) is 9.90. The lowest BCUT2D eigenvalue weighted by Gasteiger charge is -2.34. The lowest BCUT2D eigenvalue weighted by atomic mass is 9.99. The van der Waals surface area contributed by atoms with Gasteiger partial charge in [0.2, 0.25) is 0 Å². The number of rotatable bonds is 9. The van der Waals surface area contributed by atoms with Crippen LogP contribution in [0.1, 0.15) is 23.6 Å². The largest absolute Gasteiger partial charge is 0.390 e. The van der Waals surface area contributed by atoms with Gasteiger partial charge in [0.25, 0.3) is 0 Å². The Balaban J connectivity index is 1.66. The van der Waals surface area contributed by atoms with E-state index in [4.69, 9.17) is 0 Å². The van der Waals surface area contributed by atoms with Crippen molar-refractivity contribution in [1.29, 1.82) is 0 Å². The summed E-state index contributed by atoms with van der Waals surface area (Å²) in [5.41, 5.74) is 2.94. The van der Waals surface area contributed by atoms with Crippen molar-refractivity contribution in [2.24, 2.45) is 4.99 Å². The van der Waals surface area contributed by atoms with Crippen molar-refractivity contribution in [2.45, 2.75) is 38.5 Å². The average molecular weight is 399 g/mol. The van der Waals surface area contributed by atoms with Gasteiger partial charge in [-0.3, -0.25) is 4.99 Å². The number of nitrogens with one attached hydrogen (secondary N) is 1. The summed E-state index contributed by atoms with van der Waals surface area (Å²) in [4.78, 5) is 6.00. The maximum Gasteiger partial charge on any atom is 0.126 e. The van der Waals surface area contributed by atoms with E-state index in [1.165, 1.54) is 17.7 Å². The lowest BCUT2D eigenvalue weighted by molar-refractivity contribution is 0.0793. The molecule has 1 heterocycles.